The molecule has 1 atom stereocenters. The van der Waals surface area contributed by atoms with Crippen LogP contribution >= 0.6 is 0 Å². The van der Waals surface area contributed by atoms with Crippen molar-refractivity contribution in [2.75, 3.05) is 0 Å². The molecule has 0 saturated heterocycles. The Balaban J connectivity index is 1.42. The molecule has 1 aliphatic carbocycles. The SMILES string of the molecule is CCn1cc(-c2nc3c4c(ncn3n2)OC2=C(CCC/C2=C\c2ccccc2)[C@H]4c2ccccc2)cn1. The number of nitrogens with zero attached hydrogens (tertiary/aromatic N) is 6. The molecule has 182 valence electrons. The van der Waals surface area contributed by atoms with Crippen LogP contribution in [0.3, 0.4) is 0 Å². The number of hydrogen-bond acceptors (Lipinski definition) is 5. The Hall–Kier alpha value is -4.52. The number of ether oxygens (including phenoxy) is 1. The van der Waals surface area contributed by atoms with Gasteiger partial charge in [-0.2, -0.15) is 5.10 Å². The summed E-state index contributed by atoms with van der Waals surface area (Å²) < 4.78 is 10.3. The molecule has 0 spiro atoms. The highest BCUT2D eigenvalue weighted by Gasteiger charge is 2.37. The molecule has 0 radical (unpaired) electrons. The van der Waals surface area contributed by atoms with Gasteiger partial charge in [-0.1, -0.05) is 60.7 Å². The highest BCUT2D eigenvalue weighted by atomic mass is 16.5. The quantitative estimate of drug-likeness (QED) is 0.309. The van der Waals surface area contributed by atoms with Gasteiger partial charge in [-0.05, 0) is 54.5 Å². The fourth-order valence-corrected chi connectivity index (χ4v) is 5.45. The normalized spacial score (nSPS) is 18.1. The van der Waals surface area contributed by atoms with E-state index in [0.717, 1.165) is 48.3 Å². The minimum absolute atomic E-state index is 0.00830. The third kappa shape index (κ3) is 3.74. The van der Waals surface area contributed by atoms with Crippen molar-refractivity contribution in [2.45, 2.75) is 38.6 Å². The Kier molecular flexibility index (Phi) is 5.20. The first kappa shape index (κ1) is 21.7. The van der Waals surface area contributed by atoms with E-state index >= 15 is 0 Å². The van der Waals surface area contributed by atoms with E-state index in [-0.39, 0.29) is 5.92 Å². The van der Waals surface area contributed by atoms with Crippen molar-refractivity contribution in [2.24, 2.45) is 0 Å². The molecule has 7 nitrogen and oxygen atoms in total. The summed E-state index contributed by atoms with van der Waals surface area (Å²) in [5, 5.41) is 9.15. The van der Waals surface area contributed by atoms with Gasteiger partial charge in [0.2, 0.25) is 5.88 Å². The molecule has 37 heavy (non-hydrogen) atoms. The molecule has 7 rings (SSSR count). The fourth-order valence-electron chi connectivity index (χ4n) is 5.45. The van der Waals surface area contributed by atoms with Crippen molar-refractivity contribution < 1.29 is 4.74 Å². The van der Waals surface area contributed by atoms with Crippen LogP contribution in [-0.2, 0) is 6.54 Å². The standard InChI is InChI=1S/C30H26N6O/c1-2-35-18-23(17-32-35)28-33-29-26-25(21-12-7-4-8-13-21)24-15-9-14-22(16-20-10-5-3-6-11-20)27(24)37-30(26)31-19-36(29)34-28/h3-8,10-13,16-19,25H,2,9,14-15H2,1H3/b22-16+/t25-/m1/s1. The van der Waals surface area contributed by atoms with E-state index in [4.69, 9.17) is 19.8 Å². The maximum Gasteiger partial charge on any atom is 0.228 e. The van der Waals surface area contributed by atoms with Crippen molar-refractivity contribution in [3.8, 4) is 17.3 Å². The summed E-state index contributed by atoms with van der Waals surface area (Å²) >= 11 is 0. The van der Waals surface area contributed by atoms with E-state index in [9.17, 15) is 0 Å². The van der Waals surface area contributed by atoms with E-state index in [1.54, 1.807) is 10.8 Å². The largest absolute Gasteiger partial charge is 0.438 e. The summed E-state index contributed by atoms with van der Waals surface area (Å²) in [5.74, 6) is 2.18. The monoisotopic (exact) mass is 486 g/mol. The van der Waals surface area contributed by atoms with Gasteiger partial charge < -0.3 is 4.74 Å². The first-order valence-electron chi connectivity index (χ1n) is 12.8. The van der Waals surface area contributed by atoms with E-state index < -0.39 is 0 Å². The second kappa shape index (κ2) is 8.85. The van der Waals surface area contributed by atoms with E-state index in [1.165, 1.54) is 22.3 Å². The average Bonchev–Trinajstić information content (AvgIpc) is 3.60. The van der Waals surface area contributed by atoms with Gasteiger partial charge in [-0.3, -0.25) is 4.68 Å². The fraction of sp³-hybridized carbons (Fsp3) is 0.200. The van der Waals surface area contributed by atoms with Crippen LogP contribution in [0, 0.1) is 0 Å². The highest BCUT2D eigenvalue weighted by molar-refractivity contribution is 5.68. The molecule has 0 saturated carbocycles. The molecule has 0 fully saturated rings. The number of fused-ring (bicyclic) bond motifs is 3. The molecule has 4 heterocycles. The minimum Gasteiger partial charge on any atom is -0.438 e. The molecule has 1 aliphatic heterocycles. The summed E-state index contributed by atoms with van der Waals surface area (Å²) in [7, 11) is 0. The number of rotatable bonds is 4. The van der Waals surface area contributed by atoms with Crippen LogP contribution in [0.5, 0.6) is 5.88 Å². The zero-order chi connectivity index (χ0) is 24.8. The van der Waals surface area contributed by atoms with E-state index in [2.05, 4.69) is 72.7 Å². The summed E-state index contributed by atoms with van der Waals surface area (Å²) in [5.41, 5.74) is 7.51. The van der Waals surface area contributed by atoms with Crippen LogP contribution in [-0.4, -0.2) is 29.4 Å². The Morgan fingerprint density at radius 3 is 2.62 bits per heavy atom. The van der Waals surface area contributed by atoms with Crippen LogP contribution in [0.25, 0.3) is 23.1 Å². The summed E-state index contributed by atoms with van der Waals surface area (Å²) in [6.07, 6.45) is 10.7. The van der Waals surface area contributed by atoms with E-state index in [1.807, 2.05) is 23.1 Å². The van der Waals surface area contributed by atoms with Crippen molar-refractivity contribution in [1.29, 1.82) is 0 Å². The summed E-state index contributed by atoms with van der Waals surface area (Å²) in [4.78, 5) is 9.73. The van der Waals surface area contributed by atoms with Gasteiger partial charge in [0, 0.05) is 18.7 Å². The zero-order valence-corrected chi connectivity index (χ0v) is 20.6. The third-order valence-corrected chi connectivity index (χ3v) is 7.19. The zero-order valence-electron chi connectivity index (χ0n) is 20.6. The van der Waals surface area contributed by atoms with Crippen molar-refractivity contribution in [1.82, 2.24) is 29.4 Å². The van der Waals surface area contributed by atoms with Crippen molar-refractivity contribution in [3.63, 3.8) is 0 Å². The minimum atomic E-state index is -0.00830. The molecule has 7 heteroatoms. The second-order valence-corrected chi connectivity index (χ2v) is 9.49. The molecule has 0 amide bonds. The van der Waals surface area contributed by atoms with Crippen LogP contribution in [0.2, 0.25) is 0 Å². The van der Waals surface area contributed by atoms with Gasteiger partial charge in [0.05, 0.1) is 17.3 Å². The third-order valence-electron chi connectivity index (χ3n) is 7.19. The first-order chi connectivity index (χ1) is 18.3. The lowest BCUT2D eigenvalue weighted by Crippen LogP contribution is -2.22. The van der Waals surface area contributed by atoms with Crippen LogP contribution in [0.4, 0.5) is 0 Å². The number of aromatic nitrogens is 6. The lowest BCUT2D eigenvalue weighted by atomic mass is 9.77. The van der Waals surface area contributed by atoms with Crippen molar-refractivity contribution >= 4 is 11.7 Å². The molecule has 5 aromatic rings. The molecular formula is C30H26N6O. The highest BCUT2D eigenvalue weighted by Crippen LogP contribution is 2.49. The number of allylic oxidation sites excluding steroid dienone is 2. The van der Waals surface area contributed by atoms with Crippen LogP contribution in [0.1, 0.15) is 48.8 Å². The maximum absolute atomic E-state index is 6.62. The number of hydrogen-bond donors (Lipinski definition) is 0. The van der Waals surface area contributed by atoms with Gasteiger partial charge in [-0.15, -0.1) is 5.10 Å². The van der Waals surface area contributed by atoms with Crippen LogP contribution < -0.4 is 4.74 Å². The average molecular weight is 487 g/mol. The molecule has 0 bridgehead atoms. The molecular weight excluding hydrogens is 460 g/mol. The maximum atomic E-state index is 6.62. The molecule has 2 aliphatic rings. The second-order valence-electron chi connectivity index (χ2n) is 9.49. The molecule has 3 aromatic heterocycles. The number of benzene rings is 2. The number of aryl methyl sites for hydroxylation is 1. The lowest BCUT2D eigenvalue weighted by Gasteiger charge is -2.34. The van der Waals surface area contributed by atoms with E-state index in [0.29, 0.717) is 11.7 Å². The van der Waals surface area contributed by atoms with Gasteiger partial charge in [0.25, 0.3) is 0 Å². The smallest absolute Gasteiger partial charge is 0.228 e. The Bertz CT molecular complexity index is 1660. The topological polar surface area (TPSA) is 70.1 Å². The molecule has 0 unspecified atom stereocenters. The van der Waals surface area contributed by atoms with Gasteiger partial charge in [0.15, 0.2) is 11.5 Å². The molecule has 2 aromatic carbocycles. The van der Waals surface area contributed by atoms with Gasteiger partial charge in [-0.25, -0.2) is 14.5 Å². The Morgan fingerprint density at radius 2 is 1.84 bits per heavy atom. The lowest BCUT2D eigenvalue weighted by molar-refractivity contribution is 0.371. The van der Waals surface area contributed by atoms with Crippen molar-refractivity contribution in [3.05, 3.63) is 113 Å². The molecule has 0 N–H and O–H groups in total. The van der Waals surface area contributed by atoms with Gasteiger partial charge in [0.1, 0.15) is 12.1 Å². The predicted molar refractivity (Wildman–Crippen MR) is 142 cm³/mol. The Morgan fingerprint density at radius 1 is 1.03 bits per heavy atom. The predicted octanol–water partition coefficient (Wildman–Crippen LogP) is 6.05. The summed E-state index contributed by atoms with van der Waals surface area (Å²) in [6.45, 7) is 2.86. The van der Waals surface area contributed by atoms with Crippen LogP contribution in [0.15, 0.2) is 96.3 Å². The van der Waals surface area contributed by atoms with Gasteiger partial charge >= 0.3 is 0 Å². The Labute approximate surface area is 214 Å². The summed E-state index contributed by atoms with van der Waals surface area (Å²) in [6, 6.07) is 21.1. The first-order valence-corrected chi connectivity index (χ1v) is 12.8.